The second-order valence-electron chi connectivity index (χ2n) is 3.17. The lowest BCUT2D eigenvalue weighted by Crippen LogP contribution is -2.12. The Hall–Kier alpha value is -2.30. The lowest BCUT2D eigenvalue weighted by atomic mass is 10.0. The van der Waals surface area contributed by atoms with Crippen molar-refractivity contribution in [2.24, 2.45) is 0 Å². The summed E-state index contributed by atoms with van der Waals surface area (Å²) in [5.41, 5.74) is 2.06. The molecule has 0 unspecified atom stereocenters. The van der Waals surface area contributed by atoms with E-state index in [4.69, 9.17) is 11.0 Å². The average molecular weight is 245 g/mol. The van der Waals surface area contributed by atoms with Crippen LogP contribution in [0.25, 0.3) is 0 Å². The highest BCUT2D eigenvalue weighted by Gasteiger charge is 2.40. The molecule has 5 nitrogen and oxygen atoms in total. The number of nitro groups is 1. The van der Waals surface area contributed by atoms with Crippen molar-refractivity contribution >= 4 is 11.4 Å². The summed E-state index contributed by atoms with van der Waals surface area (Å²) in [5.74, 6) is 0. The number of hydrogen-bond acceptors (Lipinski definition) is 4. The molecule has 0 aliphatic heterocycles. The van der Waals surface area contributed by atoms with Crippen molar-refractivity contribution in [2.75, 3.05) is 5.73 Å². The number of nitrogens with zero attached hydrogens (tertiary/aromatic N) is 2. The Balaban J connectivity index is 3.59. The molecular formula is C9H6F3N3O2. The van der Waals surface area contributed by atoms with Crippen LogP contribution in [0.2, 0.25) is 0 Å². The normalized spacial score (nSPS) is 10.9. The maximum absolute atomic E-state index is 12.6. The minimum atomic E-state index is -4.89. The van der Waals surface area contributed by atoms with Gasteiger partial charge in [0.25, 0.3) is 5.69 Å². The van der Waals surface area contributed by atoms with Gasteiger partial charge in [-0.2, -0.15) is 18.4 Å². The van der Waals surface area contributed by atoms with Crippen LogP contribution in [0, 0.1) is 21.4 Å². The number of benzene rings is 1. The molecule has 17 heavy (non-hydrogen) atoms. The summed E-state index contributed by atoms with van der Waals surface area (Å²) in [6.45, 7) is 0. The van der Waals surface area contributed by atoms with Crippen LogP contribution >= 0.6 is 0 Å². The first-order valence-corrected chi connectivity index (χ1v) is 4.28. The number of nitrogen functional groups attached to an aromatic ring is 1. The van der Waals surface area contributed by atoms with E-state index in [-0.39, 0.29) is 11.3 Å². The topological polar surface area (TPSA) is 93.0 Å². The Morgan fingerprint density at radius 1 is 1.47 bits per heavy atom. The summed E-state index contributed by atoms with van der Waals surface area (Å²) < 4.78 is 37.7. The Morgan fingerprint density at radius 3 is 2.47 bits per heavy atom. The largest absolute Gasteiger partial charge is 0.423 e. The number of anilines is 1. The quantitative estimate of drug-likeness (QED) is 0.491. The molecule has 0 atom stereocenters. The van der Waals surface area contributed by atoms with Crippen LogP contribution in [0.3, 0.4) is 0 Å². The molecule has 0 spiro atoms. The van der Waals surface area contributed by atoms with E-state index in [1.165, 1.54) is 0 Å². The Labute approximate surface area is 93.4 Å². The fourth-order valence-corrected chi connectivity index (χ4v) is 1.37. The van der Waals surface area contributed by atoms with Crippen molar-refractivity contribution in [3.8, 4) is 6.07 Å². The molecule has 0 aliphatic rings. The molecule has 0 amide bonds. The van der Waals surface area contributed by atoms with Gasteiger partial charge in [0.2, 0.25) is 0 Å². The third-order valence-electron chi connectivity index (χ3n) is 1.97. The monoisotopic (exact) mass is 245 g/mol. The number of alkyl halides is 3. The summed E-state index contributed by atoms with van der Waals surface area (Å²) in [4.78, 5) is 9.47. The second kappa shape index (κ2) is 4.29. The zero-order valence-electron chi connectivity index (χ0n) is 8.28. The summed E-state index contributed by atoms with van der Waals surface area (Å²) in [7, 11) is 0. The van der Waals surface area contributed by atoms with Gasteiger partial charge in [0.15, 0.2) is 0 Å². The number of nitrogens with two attached hydrogens (primary N) is 1. The molecule has 1 aromatic rings. The second-order valence-corrected chi connectivity index (χ2v) is 3.17. The highest BCUT2D eigenvalue weighted by molar-refractivity contribution is 5.59. The maximum atomic E-state index is 12.6. The van der Waals surface area contributed by atoms with E-state index >= 15 is 0 Å². The zero-order chi connectivity index (χ0) is 13.2. The molecule has 90 valence electrons. The lowest BCUT2D eigenvalue weighted by molar-refractivity contribution is -0.388. The molecule has 0 radical (unpaired) electrons. The van der Waals surface area contributed by atoms with Gasteiger partial charge in [0.1, 0.15) is 5.56 Å². The van der Waals surface area contributed by atoms with Crippen molar-refractivity contribution in [3.63, 3.8) is 0 Å². The first-order valence-electron chi connectivity index (χ1n) is 4.28. The molecule has 0 saturated carbocycles. The number of hydrogen-bond donors (Lipinski definition) is 1. The van der Waals surface area contributed by atoms with Crippen molar-refractivity contribution in [2.45, 2.75) is 12.6 Å². The average Bonchev–Trinajstić information content (AvgIpc) is 2.15. The number of nitriles is 1. The van der Waals surface area contributed by atoms with Crippen LogP contribution in [-0.4, -0.2) is 4.92 Å². The fourth-order valence-electron chi connectivity index (χ4n) is 1.37. The molecule has 1 aromatic carbocycles. The van der Waals surface area contributed by atoms with Crippen LogP contribution < -0.4 is 5.73 Å². The van der Waals surface area contributed by atoms with E-state index in [1.807, 2.05) is 0 Å². The van der Waals surface area contributed by atoms with Gasteiger partial charge in [-0.3, -0.25) is 10.1 Å². The van der Waals surface area contributed by atoms with E-state index in [2.05, 4.69) is 0 Å². The molecule has 1 rings (SSSR count). The van der Waals surface area contributed by atoms with Gasteiger partial charge >= 0.3 is 6.18 Å². The number of nitro benzene ring substituents is 1. The highest BCUT2D eigenvalue weighted by Crippen LogP contribution is 2.39. The molecule has 0 bridgehead atoms. The van der Waals surface area contributed by atoms with E-state index < -0.39 is 28.8 Å². The summed E-state index contributed by atoms with van der Waals surface area (Å²) in [6, 6.07) is 3.04. The standard InChI is InChI=1S/C9H6F3N3O2/c10-9(11,12)7-4-6(14)3-5(1-2-13)8(7)15(16)17/h3-4H,1,14H2. The van der Waals surface area contributed by atoms with Crippen LogP contribution in [-0.2, 0) is 12.6 Å². The predicted molar refractivity (Wildman–Crippen MR) is 51.8 cm³/mol. The highest BCUT2D eigenvalue weighted by atomic mass is 19.4. The predicted octanol–water partition coefficient (Wildman–Crippen LogP) is 2.26. The molecule has 0 aromatic heterocycles. The molecule has 0 heterocycles. The van der Waals surface area contributed by atoms with Gasteiger partial charge in [-0.05, 0) is 12.1 Å². The van der Waals surface area contributed by atoms with Crippen molar-refractivity contribution in [1.82, 2.24) is 0 Å². The zero-order valence-corrected chi connectivity index (χ0v) is 8.28. The van der Waals surface area contributed by atoms with Crippen LogP contribution in [0.4, 0.5) is 24.5 Å². The Bertz CT molecular complexity index is 505. The van der Waals surface area contributed by atoms with Gasteiger partial charge in [-0.25, -0.2) is 0 Å². The lowest BCUT2D eigenvalue weighted by Gasteiger charge is -2.10. The molecule has 0 saturated heterocycles. The molecule has 2 N–H and O–H groups in total. The number of rotatable bonds is 2. The molecule has 8 heteroatoms. The van der Waals surface area contributed by atoms with Crippen LogP contribution in [0.1, 0.15) is 11.1 Å². The first-order chi connectivity index (χ1) is 7.77. The molecular weight excluding hydrogens is 239 g/mol. The maximum Gasteiger partial charge on any atom is 0.423 e. The minimum absolute atomic E-state index is 0.270. The summed E-state index contributed by atoms with van der Waals surface area (Å²) >= 11 is 0. The van der Waals surface area contributed by atoms with Gasteiger partial charge in [-0.1, -0.05) is 0 Å². The van der Waals surface area contributed by atoms with Gasteiger partial charge in [0, 0.05) is 11.3 Å². The van der Waals surface area contributed by atoms with E-state index in [1.54, 1.807) is 6.07 Å². The Morgan fingerprint density at radius 2 is 2.06 bits per heavy atom. The first kappa shape index (κ1) is 12.8. The SMILES string of the molecule is N#CCc1cc(N)cc(C(F)(F)F)c1[N+](=O)[O-]. The van der Waals surface area contributed by atoms with Crippen molar-refractivity contribution < 1.29 is 18.1 Å². The van der Waals surface area contributed by atoms with E-state index in [0.717, 1.165) is 6.07 Å². The molecule has 0 aliphatic carbocycles. The van der Waals surface area contributed by atoms with Crippen molar-refractivity contribution in [3.05, 3.63) is 33.4 Å². The Kier molecular flexibility index (Phi) is 3.22. The number of halogens is 3. The smallest absolute Gasteiger partial charge is 0.399 e. The van der Waals surface area contributed by atoms with Gasteiger partial charge < -0.3 is 5.73 Å². The van der Waals surface area contributed by atoms with E-state index in [0.29, 0.717) is 6.07 Å². The van der Waals surface area contributed by atoms with Gasteiger partial charge in [-0.15, -0.1) is 0 Å². The van der Waals surface area contributed by atoms with Crippen LogP contribution in [0.5, 0.6) is 0 Å². The summed E-state index contributed by atoms with van der Waals surface area (Å²) in [6.07, 6.45) is -5.40. The van der Waals surface area contributed by atoms with Gasteiger partial charge in [0.05, 0.1) is 17.4 Å². The fraction of sp³-hybridized carbons (Fsp3) is 0.222. The third-order valence-corrected chi connectivity index (χ3v) is 1.97. The van der Waals surface area contributed by atoms with E-state index in [9.17, 15) is 23.3 Å². The third kappa shape index (κ3) is 2.63. The summed E-state index contributed by atoms with van der Waals surface area (Å²) in [5, 5.41) is 19.0. The van der Waals surface area contributed by atoms with Crippen molar-refractivity contribution in [1.29, 1.82) is 5.26 Å². The molecule has 0 fully saturated rings. The van der Waals surface area contributed by atoms with Crippen LogP contribution in [0.15, 0.2) is 12.1 Å². The minimum Gasteiger partial charge on any atom is -0.399 e.